The minimum Gasteiger partial charge on any atom is -0.468 e. The van der Waals surface area contributed by atoms with Gasteiger partial charge in [0.25, 0.3) is 0 Å². The van der Waals surface area contributed by atoms with E-state index in [0.717, 1.165) is 11.3 Å². The molecule has 1 aromatic carbocycles. The van der Waals surface area contributed by atoms with Gasteiger partial charge in [-0.05, 0) is 31.5 Å². The highest BCUT2D eigenvalue weighted by atomic mass is 16.5. The van der Waals surface area contributed by atoms with Crippen molar-refractivity contribution in [1.29, 1.82) is 0 Å². The summed E-state index contributed by atoms with van der Waals surface area (Å²) in [6.07, 6.45) is 5.20. The molecule has 1 aliphatic rings. The fourth-order valence-corrected chi connectivity index (χ4v) is 3.50. The topological polar surface area (TPSA) is 82.8 Å². The summed E-state index contributed by atoms with van der Waals surface area (Å²) in [4.78, 5) is 33.5. The van der Waals surface area contributed by atoms with Crippen LogP contribution in [0.2, 0.25) is 0 Å². The van der Waals surface area contributed by atoms with Crippen LogP contribution in [0.15, 0.2) is 59.2 Å². The highest BCUT2D eigenvalue weighted by molar-refractivity contribution is 6.06. The Morgan fingerprint density at radius 2 is 1.93 bits per heavy atom. The molecule has 2 unspecified atom stereocenters. The molecule has 2 atom stereocenters. The number of benzene rings is 1. The molecule has 140 valence electrons. The van der Waals surface area contributed by atoms with E-state index in [1.54, 1.807) is 26.4 Å². The molecule has 0 amide bonds. The Labute approximate surface area is 157 Å². The van der Waals surface area contributed by atoms with E-state index in [9.17, 15) is 9.59 Å². The fraction of sp³-hybridized carbons (Fsp3) is 0.300. The zero-order chi connectivity index (χ0) is 19.6. The molecule has 0 radical (unpaired) electrons. The van der Waals surface area contributed by atoms with Gasteiger partial charge in [0, 0.05) is 35.4 Å². The van der Waals surface area contributed by atoms with Gasteiger partial charge in [-0.25, -0.2) is 9.78 Å². The zero-order valence-electron chi connectivity index (χ0n) is 15.7. The van der Waals surface area contributed by atoms with Crippen LogP contribution in [0.3, 0.4) is 0 Å². The van der Waals surface area contributed by atoms with Crippen molar-refractivity contribution in [3.05, 3.63) is 59.8 Å². The van der Waals surface area contributed by atoms with E-state index in [-0.39, 0.29) is 0 Å². The van der Waals surface area contributed by atoms with Gasteiger partial charge in [-0.2, -0.15) is 0 Å². The molecule has 1 aromatic heterocycles. The van der Waals surface area contributed by atoms with Crippen molar-refractivity contribution in [1.82, 2.24) is 9.55 Å². The lowest BCUT2D eigenvalue weighted by molar-refractivity contribution is -0.143. The summed E-state index contributed by atoms with van der Waals surface area (Å²) in [5.41, 5.74) is 3.17. The van der Waals surface area contributed by atoms with E-state index in [2.05, 4.69) is 9.98 Å². The van der Waals surface area contributed by atoms with Crippen molar-refractivity contribution in [2.75, 3.05) is 14.2 Å². The first-order chi connectivity index (χ1) is 13.0. The normalized spacial score (nSPS) is 19.5. The molecule has 3 rings (SSSR count). The Morgan fingerprint density at radius 1 is 1.15 bits per heavy atom. The third-order valence-electron chi connectivity index (χ3n) is 4.72. The predicted octanol–water partition coefficient (Wildman–Crippen LogP) is 2.67. The fourth-order valence-electron chi connectivity index (χ4n) is 3.50. The highest BCUT2D eigenvalue weighted by Gasteiger charge is 2.42. The molecule has 27 heavy (non-hydrogen) atoms. The number of aromatic nitrogens is 2. The maximum Gasteiger partial charge on any atom is 0.336 e. The highest BCUT2D eigenvalue weighted by Crippen LogP contribution is 2.40. The molecule has 0 N–H and O–H groups in total. The SMILES string of the molecule is COC(=O)C1=C(C)N=C(C)C(C(=O)OC)C1c1cccc(-n2ccnc2)c1. The van der Waals surface area contributed by atoms with E-state index >= 15 is 0 Å². The van der Waals surface area contributed by atoms with Gasteiger partial charge in [0.1, 0.15) is 5.92 Å². The smallest absolute Gasteiger partial charge is 0.336 e. The molecule has 0 saturated heterocycles. The number of allylic oxidation sites excluding steroid dienone is 1. The monoisotopic (exact) mass is 367 g/mol. The van der Waals surface area contributed by atoms with Crippen LogP contribution in [-0.2, 0) is 19.1 Å². The average molecular weight is 367 g/mol. The number of carbonyl (C=O) groups is 2. The van der Waals surface area contributed by atoms with E-state index in [0.29, 0.717) is 17.0 Å². The summed E-state index contributed by atoms with van der Waals surface area (Å²) < 4.78 is 11.8. The molecular weight excluding hydrogens is 346 g/mol. The predicted molar refractivity (Wildman–Crippen MR) is 99.6 cm³/mol. The van der Waals surface area contributed by atoms with Crippen LogP contribution in [0.5, 0.6) is 0 Å². The molecule has 0 saturated carbocycles. The van der Waals surface area contributed by atoms with E-state index in [4.69, 9.17) is 9.47 Å². The summed E-state index contributed by atoms with van der Waals surface area (Å²) >= 11 is 0. The lowest BCUT2D eigenvalue weighted by Crippen LogP contribution is -2.36. The first-order valence-corrected chi connectivity index (χ1v) is 8.48. The number of imidazole rings is 1. The van der Waals surface area contributed by atoms with Gasteiger partial charge < -0.3 is 14.0 Å². The molecule has 2 heterocycles. The van der Waals surface area contributed by atoms with Crippen molar-refractivity contribution in [2.45, 2.75) is 19.8 Å². The molecule has 0 aliphatic carbocycles. The molecule has 0 fully saturated rings. The molecule has 2 aromatic rings. The lowest BCUT2D eigenvalue weighted by Gasteiger charge is -2.31. The first kappa shape index (κ1) is 18.6. The van der Waals surface area contributed by atoms with Crippen LogP contribution in [0.25, 0.3) is 5.69 Å². The molecule has 0 bridgehead atoms. The minimum atomic E-state index is -0.703. The number of rotatable bonds is 4. The van der Waals surface area contributed by atoms with Gasteiger partial charge in [0.05, 0.1) is 26.1 Å². The van der Waals surface area contributed by atoms with Crippen LogP contribution in [0, 0.1) is 5.92 Å². The van der Waals surface area contributed by atoms with E-state index in [1.807, 2.05) is 35.0 Å². The number of hydrogen-bond donors (Lipinski definition) is 0. The second-order valence-corrected chi connectivity index (χ2v) is 6.29. The number of carbonyl (C=O) groups excluding carboxylic acids is 2. The van der Waals surface area contributed by atoms with Crippen LogP contribution in [-0.4, -0.2) is 41.4 Å². The quantitative estimate of drug-likeness (QED) is 0.776. The summed E-state index contributed by atoms with van der Waals surface area (Å²) in [6, 6.07) is 7.62. The van der Waals surface area contributed by atoms with Gasteiger partial charge >= 0.3 is 11.9 Å². The Morgan fingerprint density at radius 3 is 2.56 bits per heavy atom. The number of methoxy groups -OCH3 is 2. The number of esters is 2. The summed E-state index contributed by atoms with van der Waals surface area (Å²) in [5.74, 6) is -2.20. The minimum absolute atomic E-state index is 0.362. The molecule has 7 nitrogen and oxygen atoms in total. The van der Waals surface area contributed by atoms with Crippen molar-refractivity contribution < 1.29 is 19.1 Å². The van der Waals surface area contributed by atoms with Gasteiger partial charge in [0.2, 0.25) is 0 Å². The third kappa shape index (κ3) is 3.40. The Balaban J connectivity index is 2.18. The zero-order valence-corrected chi connectivity index (χ0v) is 15.7. The second-order valence-electron chi connectivity index (χ2n) is 6.29. The van der Waals surface area contributed by atoms with Crippen LogP contribution in [0.4, 0.5) is 0 Å². The molecule has 7 heteroatoms. The van der Waals surface area contributed by atoms with Crippen LogP contribution >= 0.6 is 0 Å². The van der Waals surface area contributed by atoms with Crippen molar-refractivity contribution in [2.24, 2.45) is 10.9 Å². The Bertz CT molecular complexity index is 928. The van der Waals surface area contributed by atoms with E-state index in [1.165, 1.54) is 14.2 Å². The largest absolute Gasteiger partial charge is 0.468 e. The summed E-state index contributed by atoms with van der Waals surface area (Å²) in [5, 5.41) is 0. The summed E-state index contributed by atoms with van der Waals surface area (Å²) in [7, 11) is 2.65. The van der Waals surface area contributed by atoms with Crippen LogP contribution < -0.4 is 0 Å². The number of nitrogens with zero attached hydrogens (tertiary/aromatic N) is 3. The summed E-state index contributed by atoms with van der Waals surface area (Å²) in [6.45, 7) is 3.52. The maximum absolute atomic E-state index is 12.5. The average Bonchev–Trinajstić information content (AvgIpc) is 3.21. The van der Waals surface area contributed by atoms with Gasteiger partial charge in [-0.15, -0.1) is 0 Å². The van der Waals surface area contributed by atoms with Crippen molar-refractivity contribution in [3.63, 3.8) is 0 Å². The van der Waals surface area contributed by atoms with Crippen molar-refractivity contribution >= 4 is 17.7 Å². The van der Waals surface area contributed by atoms with Crippen molar-refractivity contribution in [3.8, 4) is 5.69 Å². The number of aliphatic imine (C=N–C) groups is 1. The molecule has 1 aliphatic heterocycles. The Hall–Kier alpha value is -3.22. The van der Waals surface area contributed by atoms with Gasteiger partial charge in [0.15, 0.2) is 0 Å². The third-order valence-corrected chi connectivity index (χ3v) is 4.72. The van der Waals surface area contributed by atoms with Crippen LogP contribution in [0.1, 0.15) is 25.3 Å². The van der Waals surface area contributed by atoms with Gasteiger partial charge in [-0.1, -0.05) is 12.1 Å². The number of ether oxygens (including phenoxy) is 2. The lowest BCUT2D eigenvalue weighted by atomic mass is 9.75. The maximum atomic E-state index is 12.5. The molecular formula is C20H21N3O4. The Kier molecular flexibility index (Phi) is 5.21. The number of hydrogen-bond acceptors (Lipinski definition) is 6. The second kappa shape index (κ2) is 7.57. The van der Waals surface area contributed by atoms with Gasteiger partial charge in [-0.3, -0.25) is 9.79 Å². The molecule has 0 spiro atoms. The van der Waals surface area contributed by atoms with E-state index < -0.39 is 23.8 Å². The first-order valence-electron chi connectivity index (χ1n) is 8.48. The standard InChI is InChI=1S/C20H21N3O4/c1-12-16(19(24)26-3)18(17(13(2)22-12)20(25)27-4)14-6-5-7-15(10-14)23-9-8-21-11-23/h5-11,16,18H,1-4H3.